The molecule has 6 nitrogen and oxygen atoms in total. The van der Waals surface area contributed by atoms with Crippen molar-refractivity contribution in [2.45, 2.75) is 12.8 Å². The van der Waals surface area contributed by atoms with Crippen LogP contribution in [-0.4, -0.2) is 42.2 Å². The van der Waals surface area contributed by atoms with Gasteiger partial charge >= 0.3 is 12.0 Å². The fraction of sp³-hybridized carbons (Fsp3) is 0.429. The highest BCUT2D eigenvalue weighted by Gasteiger charge is 2.28. The number of carboxylic acids is 1. The van der Waals surface area contributed by atoms with Crippen molar-refractivity contribution in [1.29, 1.82) is 0 Å². The number of hydrogen-bond donors (Lipinski definition) is 2. The molecule has 0 radical (unpaired) electrons. The lowest BCUT2D eigenvalue weighted by Crippen LogP contribution is -2.44. The minimum absolute atomic E-state index is 0.242. The number of aliphatic carboxylic acids is 1. The monoisotopic (exact) mass is 356 g/mol. The van der Waals surface area contributed by atoms with Gasteiger partial charge in [-0.25, -0.2) is 4.79 Å². The van der Waals surface area contributed by atoms with Crippen LogP contribution in [0.3, 0.4) is 0 Å². The first kappa shape index (κ1) is 15.6. The van der Waals surface area contributed by atoms with E-state index < -0.39 is 11.9 Å². The number of anilines is 1. The Kier molecular flexibility index (Phi) is 5.06. The molecule has 0 bridgehead atoms. The second-order valence-electron chi connectivity index (χ2n) is 4.93. The van der Waals surface area contributed by atoms with Crippen LogP contribution >= 0.6 is 15.9 Å². The maximum absolute atomic E-state index is 12.2. The van der Waals surface area contributed by atoms with E-state index in [0.717, 1.165) is 4.47 Å². The minimum Gasteiger partial charge on any atom is -0.497 e. The summed E-state index contributed by atoms with van der Waals surface area (Å²) in [4.78, 5) is 24.8. The molecule has 2 amide bonds. The summed E-state index contributed by atoms with van der Waals surface area (Å²) in [6.45, 7) is 0.813. The Morgan fingerprint density at radius 1 is 1.43 bits per heavy atom. The van der Waals surface area contributed by atoms with E-state index in [9.17, 15) is 9.59 Å². The van der Waals surface area contributed by atoms with E-state index >= 15 is 0 Å². The van der Waals surface area contributed by atoms with E-state index in [1.165, 1.54) is 4.90 Å². The molecular weight excluding hydrogens is 340 g/mol. The summed E-state index contributed by atoms with van der Waals surface area (Å²) >= 11 is 3.35. The summed E-state index contributed by atoms with van der Waals surface area (Å²) in [7, 11) is 1.55. The van der Waals surface area contributed by atoms with Crippen LogP contribution < -0.4 is 10.1 Å². The Bertz CT molecular complexity index is 550. The largest absolute Gasteiger partial charge is 0.497 e. The number of carbonyl (C=O) groups excluding carboxylic acids is 1. The van der Waals surface area contributed by atoms with Crippen LogP contribution in [0.5, 0.6) is 5.75 Å². The molecule has 0 aliphatic carbocycles. The Morgan fingerprint density at radius 2 is 2.19 bits per heavy atom. The highest BCUT2D eigenvalue weighted by Crippen LogP contribution is 2.25. The Labute approximate surface area is 131 Å². The van der Waals surface area contributed by atoms with E-state index in [0.29, 0.717) is 30.8 Å². The molecule has 1 aliphatic rings. The molecule has 1 aliphatic heterocycles. The van der Waals surface area contributed by atoms with Crippen LogP contribution in [0.1, 0.15) is 12.8 Å². The number of halogens is 1. The standard InChI is InChI=1S/C14H17BrN2O4/c1-21-12-6-10(15)5-11(7-12)16-14(20)17-4-2-3-9(8-17)13(18)19/h5-7,9H,2-4,8H2,1H3,(H,16,20)(H,18,19). The van der Waals surface area contributed by atoms with Gasteiger partial charge in [0.25, 0.3) is 0 Å². The topological polar surface area (TPSA) is 78.9 Å². The summed E-state index contributed by atoms with van der Waals surface area (Å²) in [5.41, 5.74) is 0.601. The molecule has 1 atom stereocenters. The number of rotatable bonds is 3. The van der Waals surface area contributed by atoms with Gasteiger partial charge in [0.15, 0.2) is 0 Å². The van der Waals surface area contributed by atoms with Gasteiger partial charge < -0.3 is 20.1 Å². The summed E-state index contributed by atoms with van der Waals surface area (Å²) in [5.74, 6) is -0.708. The van der Waals surface area contributed by atoms with Gasteiger partial charge in [0.2, 0.25) is 0 Å². The van der Waals surface area contributed by atoms with Crippen LogP contribution in [0, 0.1) is 5.92 Å². The first-order valence-corrected chi connectivity index (χ1v) is 7.42. The van der Waals surface area contributed by atoms with Gasteiger partial charge in [-0.05, 0) is 25.0 Å². The molecule has 0 spiro atoms. The number of likely N-dealkylation sites (tertiary alicyclic amines) is 1. The van der Waals surface area contributed by atoms with Crippen molar-refractivity contribution in [1.82, 2.24) is 4.90 Å². The highest BCUT2D eigenvalue weighted by molar-refractivity contribution is 9.10. The van der Waals surface area contributed by atoms with Crippen LogP contribution in [0.25, 0.3) is 0 Å². The third-order valence-electron chi connectivity index (χ3n) is 3.42. The lowest BCUT2D eigenvalue weighted by molar-refractivity contribution is -0.143. The lowest BCUT2D eigenvalue weighted by Gasteiger charge is -2.30. The van der Waals surface area contributed by atoms with Crippen molar-refractivity contribution < 1.29 is 19.4 Å². The fourth-order valence-electron chi connectivity index (χ4n) is 2.32. The number of methoxy groups -OCH3 is 1. The molecule has 1 saturated heterocycles. The highest BCUT2D eigenvalue weighted by atomic mass is 79.9. The molecule has 0 aromatic heterocycles. The molecule has 1 heterocycles. The van der Waals surface area contributed by atoms with E-state index in [1.807, 2.05) is 0 Å². The molecule has 114 valence electrons. The fourth-order valence-corrected chi connectivity index (χ4v) is 2.79. The van der Waals surface area contributed by atoms with Gasteiger partial charge in [-0.15, -0.1) is 0 Å². The van der Waals surface area contributed by atoms with Crippen molar-refractivity contribution in [3.63, 3.8) is 0 Å². The zero-order valence-corrected chi connectivity index (χ0v) is 13.2. The smallest absolute Gasteiger partial charge is 0.321 e. The van der Waals surface area contributed by atoms with Gasteiger partial charge in [0.1, 0.15) is 5.75 Å². The number of amides is 2. The maximum Gasteiger partial charge on any atom is 0.321 e. The first-order chi connectivity index (χ1) is 9.99. The molecule has 1 aromatic rings. The average Bonchev–Trinajstić information content (AvgIpc) is 2.46. The molecule has 2 N–H and O–H groups in total. The van der Waals surface area contributed by atoms with E-state index in [-0.39, 0.29) is 12.6 Å². The maximum atomic E-state index is 12.2. The molecule has 1 unspecified atom stereocenters. The summed E-state index contributed by atoms with van der Waals surface area (Å²) in [5, 5.41) is 11.8. The van der Waals surface area contributed by atoms with Crippen molar-refractivity contribution in [3.05, 3.63) is 22.7 Å². The number of nitrogens with one attached hydrogen (secondary N) is 1. The lowest BCUT2D eigenvalue weighted by atomic mass is 9.99. The molecular formula is C14H17BrN2O4. The number of hydrogen-bond acceptors (Lipinski definition) is 3. The summed E-state index contributed by atoms with van der Waals surface area (Å²) in [6.07, 6.45) is 1.32. The van der Waals surface area contributed by atoms with Gasteiger partial charge in [-0.2, -0.15) is 0 Å². The quantitative estimate of drug-likeness (QED) is 0.872. The Hall–Kier alpha value is -1.76. The zero-order valence-electron chi connectivity index (χ0n) is 11.6. The Morgan fingerprint density at radius 3 is 2.86 bits per heavy atom. The van der Waals surface area contributed by atoms with Gasteiger partial charge in [-0.3, -0.25) is 4.79 Å². The number of ether oxygens (including phenoxy) is 1. The van der Waals surface area contributed by atoms with E-state index in [1.54, 1.807) is 25.3 Å². The second kappa shape index (κ2) is 6.80. The summed E-state index contributed by atoms with van der Waals surface area (Å²) < 4.78 is 5.93. The van der Waals surface area contributed by atoms with Crippen LogP contribution in [-0.2, 0) is 4.79 Å². The van der Waals surface area contributed by atoms with Gasteiger partial charge in [-0.1, -0.05) is 15.9 Å². The number of benzene rings is 1. The van der Waals surface area contributed by atoms with E-state index in [2.05, 4.69) is 21.2 Å². The van der Waals surface area contributed by atoms with Gasteiger partial charge in [0, 0.05) is 29.3 Å². The summed E-state index contributed by atoms with van der Waals surface area (Å²) in [6, 6.07) is 4.97. The third kappa shape index (κ3) is 4.10. The van der Waals surface area contributed by atoms with Gasteiger partial charge in [0.05, 0.1) is 13.0 Å². The number of nitrogens with zero attached hydrogens (tertiary/aromatic N) is 1. The van der Waals surface area contributed by atoms with Crippen molar-refractivity contribution in [2.24, 2.45) is 5.92 Å². The van der Waals surface area contributed by atoms with E-state index in [4.69, 9.17) is 9.84 Å². The zero-order chi connectivity index (χ0) is 15.4. The second-order valence-corrected chi connectivity index (χ2v) is 5.85. The first-order valence-electron chi connectivity index (χ1n) is 6.63. The van der Waals surface area contributed by atoms with Crippen LogP contribution in [0.2, 0.25) is 0 Å². The van der Waals surface area contributed by atoms with Crippen molar-refractivity contribution >= 4 is 33.6 Å². The Balaban J connectivity index is 2.04. The number of urea groups is 1. The van der Waals surface area contributed by atoms with Crippen molar-refractivity contribution in [3.8, 4) is 5.75 Å². The SMILES string of the molecule is COc1cc(Br)cc(NC(=O)N2CCCC(C(=O)O)C2)c1. The third-order valence-corrected chi connectivity index (χ3v) is 3.87. The normalized spacial score (nSPS) is 18.2. The number of piperidine rings is 1. The predicted molar refractivity (Wildman–Crippen MR) is 81.6 cm³/mol. The van der Waals surface area contributed by atoms with Crippen LogP contribution in [0.4, 0.5) is 10.5 Å². The van der Waals surface area contributed by atoms with Crippen LogP contribution in [0.15, 0.2) is 22.7 Å². The number of carboxylic acid groups (broad SMARTS) is 1. The number of carbonyl (C=O) groups is 2. The minimum atomic E-state index is -0.850. The molecule has 21 heavy (non-hydrogen) atoms. The molecule has 0 saturated carbocycles. The molecule has 1 fully saturated rings. The average molecular weight is 357 g/mol. The predicted octanol–water partition coefficient (Wildman–Crippen LogP) is 2.79. The molecule has 1 aromatic carbocycles. The van der Waals surface area contributed by atoms with Crippen molar-refractivity contribution in [2.75, 3.05) is 25.5 Å². The molecule has 2 rings (SSSR count). The molecule has 7 heteroatoms.